The highest BCUT2D eigenvalue weighted by atomic mass is 16.5. The predicted octanol–water partition coefficient (Wildman–Crippen LogP) is 2.73. The van der Waals surface area contributed by atoms with E-state index in [4.69, 9.17) is 9.15 Å². The second kappa shape index (κ2) is 5.51. The summed E-state index contributed by atoms with van der Waals surface area (Å²) in [6.07, 6.45) is 0. The number of carbonyl (C=O) groups excluding carboxylic acids is 1. The quantitative estimate of drug-likeness (QED) is 0.843. The fraction of sp³-hybridized carbons (Fsp3) is 0.312. The average Bonchev–Trinajstić information content (AvgIpc) is 2.94. The van der Waals surface area contributed by atoms with Crippen LogP contribution >= 0.6 is 0 Å². The standard InChI is InChI=1S/C16H17NO3/c1-12-2-7-15(20-12)13-3-5-14(6-4-13)16(18)17-8-10-19-11-9-17/h2-7H,8-11H2,1H3. The summed E-state index contributed by atoms with van der Waals surface area (Å²) < 4.78 is 10.8. The van der Waals surface area contributed by atoms with Gasteiger partial charge in [-0.05, 0) is 31.2 Å². The highest BCUT2D eigenvalue weighted by Crippen LogP contribution is 2.22. The second-order valence-electron chi connectivity index (χ2n) is 4.89. The number of rotatable bonds is 2. The molecule has 0 unspecified atom stereocenters. The molecule has 0 atom stereocenters. The number of carbonyl (C=O) groups is 1. The van der Waals surface area contributed by atoms with Crippen LogP contribution in [0, 0.1) is 6.92 Å². The van der Waals surface area contributed by atoms with Crippen LogP contribution in [0.1, 0.15) is 16.1 Å². The fourth-order valence-electron chi connectivity index (χ4n) is 2.32. The van der Waals surface area contributed by atoms with Crippen LogP contribution in [0.3, 0.4) is 0 Å². The van der Waals surface area contributed by atoms with Gasteiger partial charge in [0, 0.05) is 24.2 Å². The van der Waals surface area contributed by atoms with E-state index in [-0.39, 0.29) is 5.91 Å². The Kier molecular flexibility index (Phi) is 3.56. The number of furan rings is 1. The van der Waals surface area contributed by atoms with Crippen molar-refractivity contribution < 1.29 is 13.9 Å². The Labute approximate surface area is 118 Å². The number of aryl methyl sites for hydroxylation is 1. The number of benzene rings is 1. The van der Waals surface area contributed by atoms with Crippen LogP contribution in [0.25, 0.3) is 11.3 Å². The lowest BCUT2D eigenvalue weighted by Crippen LogP contribution is -2.40. The number of hydrogen-bond donors (Lipinski definition) is 0. The first-order valence-electron chi connectivity index (χ1n) is 6.78. The molecule has 2 heterocycles. The molecule has 0 saturated carbocycles. The number of hydrogen-bond acceptors (Lipinski definition) is 3. The van der Waals surface area contributed by atoms with Gasteiger partial charge in [0.25, 0.3) is 5.91 Å². The van der Waals surface area contributed by atoms with Crippen molar-refractivity contribution in [3.63, 3.8) is 0 Å². The van der Waals surface area contributed by atoms with Gasteiger partial charge in [-0.1, -0.05) is 12.1 Å². The minimum atomic E-state index is 0.0653. The summed E-state index contributed by atoms with van der Waals surface area (Å²) in [6.45, 7) is 4.49. The van der Waals surface area contributed by atoms with E-state index >= 15 is 0 Å². The monoisotopic (exact) mass is 271 g/mol. The SMILES string of the molecule is Cc1ccc(-c2ccc(C(=O)N3CCOCC3)cc2)o1. The Balaban J connectivity index is 1.77. The third kappa shape index (κ3) is 2.60. The normalized spacial score (nSPS) is 15.3. The topological polar surface area (TPSA) is 42.7 Å². The first-order valence-corrected chi connectivity index (χ1v) is 6.78. The van der Waals surface area contributed by atoms with E-state index in [1.807, 2.05) is 48.2 Å². The van der Waals surface area contributed by atoms with Gasteiger partial charge in [-0.25, -0.2) is 0 Å². The zero-order valence-corrected chi connectivity index (χ0v) is 11.5. The maximum atomic E-state index is 12.3. The summed E-state index contributed by atoms with van der Waals surface area (Å²) in [6, 6.07) is 11.4. The summed E-state index contributed by atoms with van der Waals surface area (Å²) in [5.41, 5.74) is 1.69. The molecule has 4 heteroatoms. The van der Waals surface area contributed by atoms with Gasteiger partial charge in [0.05, 0.1) is 13.2 Å². The second-order valence-corrected chi connectivity index (χ2v) is 4.89. The molecule has 0 bridgehead atoms. The molecule has 1 aliphatic heterocycles. The number of morpholine rings is 1. The number of ether oxygens (including phenoxy) is 1. The van der Waals surface area contributed by atoms with Gasteiger partial charge in [-0.2, -0.15) is 0 Å². The minimum absolute atomic E-state index is 0.0653. The predicted molar refractivity (Wildman–Crippen MR) is 75.6 cm³/mol. The van der Waals surface area contributed by atoms with Crippen molar-refractivity contribution in [3.05, 3.63) is 47.7 Å². The molecule has 104 valence electrons. The van der Waals surface area contributed by atoms with E-state index in [0.29, 0.717) is 31.9 Å². The average molecular weight is 271 g/mol. The molecule has 2 aromatic rings. The van der Waals surface area contributed by atoms with Crippen molar-refractivity contribution in [3.8, 4) is 11.3 Å². The lowest BCUT2D eigenvalue weighted by molar-refractivity contribution is 0.0303. The van der Waals surface area contributed by atoms with Gasteiger partial charge < -0.3 is 14.1 Å². The molecule has 0 radical (unpaired) electrons. The Morgan fingerprint density at radius 2 is 1.75 bits per heavy atom. The van der Waals surface area contributed by atoms with Crippen molar-refractivity contribution >= 4 is 5.91 Å². The molecule has 3 rings (SSSR count). The van der Waals surface area contributed by atoms with Gasteiger partial charge >= 0.3 is 0 Å². The molecule has 1 saturated heterocycles. The van der Waals surface area contributed by atoms with Crippen molar-refractivity contribution in [2.75, 3.05) is 26.3 Å². The zero-order chi connectivity index (χ0) is 13.9. The smallest absolute Gasteiger partial charge is 0.254 e. The summed E-state index contributed by atoms with van der Waals surface area (Å²) in [7, 11) is 0. The molecule has 20 heavy (non-hydrogen) atoms. The van der Waals surface area contributed by atoms with Crippen molar-refractivity contribution in [2.24, 2.45) is 0 Å². The van der Waals surface area contributed by atoms with Gasteiger partial charge in [-0.15, -0.1) is 0 Å². The summed E-state index contributed by atoms with van der Waals surface area (Å²) in [4.78, 5) is 14.1. The molecule has 1 amide bonds. The fourth-order valence-corrected chi connectivity index (χ4v) is 2.32. The van der Waals surface area contributed by atoms with Gasteiger partial charge in [0.15, 0.2) is 0 Å². The largest absolute Gasteiger partial charge is 0.461 e. The van der Waals surface area contributed by atoms with E-state index in [9.17, 15) is 4.79 Å². The highest BCUT2D eigenvalue weighted by Gasteiger charge is 2.18. The Morgan fingerprint density at radius 3 is 2.35 bits per heavy atom. The van der Waals surface area contributed by atoms with E-state index in [1.54, 1.807) is 0 Å². The minimum Gasteiger partial charge on any atom is -0.461 e. The van der Waals surface area contributed by atoms with Crippen LogP contribution in [0.15, 0.2) is 40.8 Å². The lowest BCUT2D eigenvalue weighted by atomic mass is 10.1. The Morgan fingerprint density at radius 1 is 1.05 bits per heavy atom. The summed E-state index contributed by atoms with van der Waals surface area (Å²) >= 11 is 0. The molecule has 1 fully saturated rings. The van der Waals surface area contributed by atoms with Crippen LogP contribution in [0.2, 0.25) is 0 Å². The lowest BCUT2D eigenvalue weighted by Gasteiger charge is -2.26. The molecule has 4 nitrogen and oxygen atoms in total. The maximum Gasteiger partial charge on any atom is 0.254 e. The van der Waals surface area contributed by atoms with Crippen LogP contribution in [0.4, 0.5) is 0 Å². The van der Waals surface area contributed by atoms with E-state index in [2.05, 4.69) is 0 Å². The number of nitrogens with zero attached hydrogens (tertiary/aromatic N) is 1. The van der Waals surface area contributed by atoms with E-state index in [1.165, 1.54) is 0 Å². The highest BCUT2D eigenvalue weighted by molar-refractivity contribution is 5.94. The summed E-state index contributed by atoms with van der Waals surface area (Å²) in [5.74, 6) is 1.77. The maximum absolute atomic E-state index is 12.3. The first-order chi connectivity index (χ1) is 9.74. The Bertz CT molecular complexity index is 594. The van der Waals surface area contributed by atoms with Crippen molar-refractivity contribution in [2.45, 2.75) is 6.92 Å². The van der Waals surface area contributed by atoms with E-state index in [0.717, 1.165) is 17.1 Å². The van der Waals surface area contributed by atoms with E-state index < -0.39 is 0 Å². The molecular formula is C16H17NO3. The Hall–Kier alpha value is -2.07. The van der Waals surface area contributed by atoms with Gasteiger partial charge in [0.2, 0.25) is 0 Å². The molecule has 0 N–H and O–H groups in total. The van der Waals surface area contributed by atoms with Crippen LogP contribution in [-0.4, -0.2) is 37.1 Å². The zero-order valence-electron chi connectivity index (χ0n) is 11.5. The summed E-state index contributed by atoms with van der Waals surface area (Å²) in [5, 5.41) is 0. The third-order valence-corrected chi connectivity index (χ3v) is 3.46. The van der Waals surface area contributed by atoms with Crippen LogP contribution in [-0.2, 0) is 4.74 Å². The first kappa shape index (κ1) is 12.9. The van der Waals surface area contributed by atoms with Gasteiger partial charge in [-0.3, -0.25) is 4.79 Å². The van der Waals surface area contributed by atoms with Crippen LogP contribution < -0.4 is 0 Å². The molecular weight excluding hydrogens is 254 g/mol. The number of amides is 1. The molecule has 0 spiro atoms. The van der Waals surface area contributed by atoms with Crippen molar-refractivity contribution in [1.82, 2.24) is 4.90 Å². The van der Waals surface area contributed by atoms with Gasteiger partial charge in [0.1, 0.15) is 11.5 Å². The molecule has 1 aromatic heterocycles. The molecule has 1 aromatic carbocycles. The molecule has 0 aliphatic carbocycles. The van der Waals surface area contributed by atoms with Crippen LogP contribution in [0.5, 0.6) is 0 Å². The molecule has 1 aliphatic rings. The third-order valence-electron chi connectivity index (χ3n) is 3.46. The van der Waals surface area contributed by atoms with Crippen molar-refractivity contribution in [1.29, 1.82) is 0 Å².